The van der Waals surface area contributed by atoms with Crippen LogP contribution < -0.4 is 0 Å². The first-order valence-electron chi connectivity index (χ1n) is 35.3. The van der Waals surface area contributed by atoms with Gasteiger partial charge in [0.15, 0.2) is 6.10 Å². The summed E-state index contributed by atoms with van der Waals surface area (Å²) < 4.78 is 17.0. The fraction of sp³-hybridized carbons (Fsp3) is 0.824. The van der Waals surface area contributed by atoms with Crippen molar-refractivity contribution < 1.29 is 28.6 Å². The summed E-state index contributed by atoms with van der Waals surface area (Å²) in [7, 11) is 0. The van der Waals surface area contributed by atoms with Gasteiger partial charge >= 0.3 is 17.9 Å². The Bertz CT molecular complexity index is 1430. The number of esters is 3. The van der Waals surface area contributed by atoms with Crippen molar-refractivity contribution in [2.75, 3.05) is 13.2 Å². The molecule has 1 unspecified atom stereocenters. The zero-order valence-corrected chi connectivity index (χ0v) is 53.6. The third-order valence-corrected chi connectivity index (χ3v) is 15.8. The first-order valence-corrected chi connectivity index (χ1v) is 35.3. The van der Waals surface area contributed by atoms with Gasteiger partial charge in [0.2, 0.25) is 0 Å². The van der Waals surface area contributed by atoms with Gasteiger partial charge in [-0.1, -0.05) is 351 Å². The molecule has 6 nitrogen and oxygen atoms in total. The molecule has 0 spiro atoms. The Hall–Kier alpha value is -2.89. The molecular weight excluding hydrogens is 985 g/mol. The van der Waals surface area contributed by atoms with Crippen molar-refractivity contribution >= 4 is 17.9 Å². The Labute approximate surface area is 498 Å². The highest BCUT2D eigenvalue weighted by molar-refractivity contribution is 5.71. The topological polar surface area (TPSA) is 78.9 Å². The average molecular weight is 1120 g/mol. The fourth-order valence-electron chi connectivity index (χ4n) is 10.5. The summed E-state index contributed by atoms with van der Waals surface area (Å²) >= 11 is 0. The van der Waals surface area contributed by atoms with Gasteiger partial charge in [-0.2, -0.15) is 0 Å². The van der Waals surface area contributed by atoms with Gasteiger partial charge in [0, 0.05) is 19.3 Å². The number of carbonyl (C=O) groups is 3. The largest absolute Gasteiger partial charge is 0.462 e. The van der Waals surface area contributed by atoms with Gasteiger partial charge in [-0.25, -0.2) is 0 Å². The normalized spacial score (nSPS) is 12.4. The van der Waals surface area contributed by atoms with Crippen LogP contribution in [0.2, 0.25) is 0 Å². The second-order valence-corrected chi connectivity index (χ2v) is 23.8. The Kier molecular flexibility index (Phi) is 66.1. The predicted octanol–water partition coefficient (Wildman–Crippen LogP) is 24.3. The molecule has 0 saturated carbocycles. The highest BCUT2D eigenvalue weighted by Gasteiger charge is 2.19. The number of unbranched alkanes of at least 4 members (excludes halogenated alkanes) is 44. The maximum Gasteiger partial charge on any atom is 0.306 e. The van der Waals surface area contributed by atoms with Crippen molar-refractivity contribution in [1.82, 2.24) is 0 Å². The highest BCUT2D eigenvalue weighted by Crippen LogP contribution is 2.18. The molecule has 0 amide bonds. The molecule has 0 saturated heterocycles. The summed E-state index contributed by atoms with van der Waals surface area (Å²) in [4.78, 5) is 38.5. The smallest absolute Gasteiger partial charge is 0.306 e. The third kappa shape index (κ3) is 65.9. The van der Waals surface area contributed by atoms with Crippen molar-refractivity contribution in [1.29, 1.82) is 0 Å². The number of allylic oxidation sites excluding steroid dienone is 10. The zero-order chi connectivity index (χ0) is 57.8. The van der Waals surface area contributed by atoms with E-state index in [1.165, 1.54) is 225 Å². The third-order valence-electron chi connectivity index (χ3n) is 15.8. The maximum atomic E-state index is 12.9. The van der Waals surface area contributed by atoms with Crippen LogP contribution in [0.15, 0.2) is 60.8 Å². The van der Waals surface area contributed by atoms with Crippen molar-refractivity contribution in [3.8, 4) is 0 Å². The van der Waals surface area contributed by atoms with E-state index < -0.39 is 6.10 Å². The molecule has 0 aliphatic carbocycles. The minimum atomic E-state index is -0.784. The lowest BCUT2D eigenvalue weighted by Gasteiger charge is -2.18. The van der Waals surface area contributed by atoms with Crippen molar-refractivity contribution in [2.45, 2.75) is 380 Å². The molecule has 1 atom stereocenters. The monoisotopic (exact) mass is 1120 g/mol. The zero-order valence-electron chi connectivity index (χ0n) is 53.6. The molecule has 0 rings (SSSR count). The maximum absolute atomic E-state index is 12.9. The molecule has 0 bridgehead atoms. The van der Waals surface area contributed by atoms with Gasteiger partial charge in [-0.3, -0.25) is 14.4 Å². The predicted molar refractivity (Wildman–Crippen MR) is 348 cm³/mol. The van der Waals surface area contributed by atoms with E-state index in [0.717, 1.165) is 109 Å². The van der Waals surface area contributed by atoms with E-state index in [0.29, 0.717) is 19.3 Å². The average Bonchev–Trinajstić information content (AvgIpc) is 3.46. The Morgan fingerprint density at radius 3 is 0.762 bits per heavy atom. The Morgan fingerprint density at radius 2 is 0.487 bits per heavy atom. The first-order chi connectivity index (χ1) is 39.5. The summed E-state index contributed by atoms with van der Waals surface area (Å²) in [5.41, 5.74) is 0. The molecule has 6 heteroatoms. The summed E-state index contributed by atoms with van der Waals surface area (Å²) in [6, 6.07) is 0. The van der Waals surface area contributed by atoms with E-state index in [-0.39, 0.29) is 31.1 Å². The molecular formula is C74H134O6. The molecule has 0 N–H and O–H groups in total. The minimum absolute atomic E-state index is 0.0772. The summed E-state index contributed by atoms with van der Waals surface area (Å²) in [6.07, 6.45) is 88.2. The van der Waals surface area contributed by atoms with E-state index in [1.54, 1.807) is 0 Å². The molecule has 0 heterocycles. The van der Waals surface area contributed by atoms with Gasteiger partial charge in [-0.15, -0.1) is 0 Å². The van der Waals surface area contributed by atoms with E-state index in [4.69, 9.17) is 14.2 Å². The molecule has 466 valence electrons. The minimum Gasteiger partial charge on any atom is -0.462 e. The number of ether oxygens (including phenoxy) is 3. The standard InChI is InChI=1S/C74H134O6/c1-4-7-10-13-16-19-22-25-28-31-33-35-36-37-38-40-41-43-46-49-52-55-58-61-64-67-73(76)79-70-71(69-78-72(75)66-63-60-57-54-51-48-45-30-27-24-21-18-15-12-9-6-3)80-74(77)68-65-62-59-56-53-50-47-44-42-39-34-32-29-26-23-20-17-14-11-8-5-2/h8,11,17,20,26,29,34,39,44,47,71H,4-7,9-10,12-16,18-19,21-25,27-28,30-33,35-38,40-43,45-46,48-70H2,1-3H3/b11-8-,20-17-,29-26-,39-34-,47-44-. The summed E-state index contributed by atoms with van der Waals surface area (Å²) in [5.74, 6) is -0.870. The van der Waals surface area contributed by atoms with Crippen LogP contribution in [0.4, 0.5) is 0 Å². The number of rotatable bonds is 65. The molecule has 0 aromatic carbocycles. The van der Waals surface area contributed by atoms with Gasteiger partial charge in [-0.05, 0) is 64.2 Å². The number of carbonyl (C=O) groups excluding carboxylic acids is 3. The Morgan fingerprint density at radius 1 is 0.263 bits per heavy atom. The molecule has 0 fully saturated rings. The van der Waals surface area contributed by atoms with Crippen molar-refractivity contribution in [3.63, 3.8) is 0 Å². The van der Waals surface area contributed by atoms with Crippen molar-refractivity contribution in [3.05, 3.63) is 60.8 Å². The number of hydrogen-bond donors (Lipinski definition) is 0. The van der Waals surface area contributed by atoms with Crippen molar-refractivity contribution in [2.24, 2.45) is 0 Å². The van der Waals surface area contributed by atoms with E-state index in [9.17, 15) is 14.4 Å². The van der Waals surface area contributed by atoms with E-state index in [2.05, 4.69) is 81.5 Å². The first kappa shape index (κ1) is 77.1. The molecule has 0 aliphatic heterocycles. The second kappa shape index (κ2) is 68.6. The van der Waals surface area contributed by atoms with Crippen LogP contribution in [0.3, 0.4) is 0 Å². The number of hydrogen-bond acceptors (Lipinski definition) is 6. The molecule has 0 radical (unpaired) electrons. The highest BCUT2D eigenvalue weighted by atomic mass is 16.6. The van der Waals surface area contributed by atoms with E-state index >= 15 is 0 Å². The van der Waals surface area contributed by atoms with Gasteiger partial charge in [0.05, 0.1) is 0 Å². The molecule has 80 heavy (non-hydrogen) atoms. The summed E-state index contributed by atoms with van der Waals surface area (Å²) in [5, 5.41) is 0. The van der Waals surface area contributed by atoms with Crippen LogP contribution in [-0.4, -0.2) is 37.2 Å². The van der Waals surface area contributed by atoms with Crippen LogP contribution in [0.1, 0.15) is 374 Å². The van der Waals surface area contributed by atoms with Crippen LogP contribution >= 0.6 is 0 Å². The van der Waals surface area contributed by atoms with Gasteiger partial charge in [0.1, 0.15) is 13.2 Å². The summed E-state index contributed by atoms with van der Waals surface area (Å²) in [6.45, 7) is 6.58. The molecule has 0 aromatic heterocycles. The van der Waals surface area contributed by atoms with Crippen LogP contribution in [-0.2, 0) is 28.6 Å². The molecule has 0 aliphatic rings. The second-order valence-electron chi connectivity index (χ2n) is 23.8. The van der Waals surface area contributed by atoms with Gasteiger partial charge < -0.3 is 14.2 Å². The van der Waals surface area contributed by atoms with Crippen LogP contribution in [0, 0.1) is 0 Å². The lowest BCUT2D eigenvalue weighted by molar-refractivity contribution is -0.167. The SMILES string of the molecule is CC/C=C\C/C=C\C/C=C\C/C=C\C/C=C\CCCCCCCC(=O)OC(COC(=O)CCCCCCCCCCCCCCCCCC)COC(=O)CCCCCCCCCCCCCCCCCCCCCCCCCCC. The van der Waals surface area contributed by atoms with Crippen LogP contribution in [0.5, 0.6) is 0 Å². The lowest BCUT2D eigenvalue weighted by Crippen LogP contribution is -2.30. The lowest BCUT2D eigenvalue weighted by atomic mass is 10.0. The Balaban J connectivity index is 4.32. The quantitative estimate of drug-likeness (QED) is 0.0261. The molecule has 0 aromatic rings. The van der Waals surface area contributed by atoms with Crippen LogP contribution in [0.25, 0.3) is 0 Å². The van der Waals surface area contributed by atoms with Gasteiger partial charge in [0.25, 0.3) is 0 Å². The fourth-order valence-corrected chi connectivity index (χ4v) is 10.5. The van der Waals surface area contributed by atoms with E-state index in [1.807, 2.05) is 0 Å².